The molecule has 0 fully saturated rings. The molecule has 3 aromatic rings. The van der Waals surface area contributed by atoms with E-state index in [-0.39, 0.29) is 30.5 Å². The van der Waals surface area contributed by atoms with Crippen molar-refractivity contribution in [1.82, 2.24) is 19.9 Å². The summed E-state index contributed by atoms with van der Waals surface area (Å²) in [7, 11) is 0. The first kappa shape index (κ1) is 26.0. The number of aromatic nitrogens is 4. The topological polar surface area (TPSA) is 112 Å². The molecular weight excluding hydrogens is 500 g/mol. The Labute approximate surface area is 233 Å². The zero-order chi connectivity index (χ0) is 28.5. The fraction of sp³-hybridized carbons (Fsp3) is 0.333. The van der Waals surface area contributed by atoms with Gasteiger partial charge in [-0.05, 0) is 74.1 Å². The monoisotopic (exact) mass is 534 g/mol. The van der Waals surface area contributed by atoms with Crippen LogP contribution in [0.5, 0.6) is 0 Å². The van der Waals surface area contributed by atoms with E-state index in [2.05, 4.69) is 62.4 Å². The van der Waals surface area contributed by atoms with Crippen molar-refractivity contribution < 1.29 is 14.7 Å². The SMILES string of the molecule is C=Cc1c(C)c2cc3nc(c4c5[nH]c(cc6nc(cc1[nH]2)C(C)=C6CC)c(C)c5C(=O)C4)C(CCC(=O)O)C3C. The standard InChI is InChI=1S/C33H34N4O3/c1-7-19-15(3)23-12-25-17(5)21(9-10-30(39)40)32(36-25)22-11-29(38)31-18(6)26(37-33(22)31)14-28-20(8-2)16(4)24(35-28)13-27(19)34-23/h7,12-14,17,21,34,37H,1,8-11H2,2-6H3,(H,39,40). The van der Waals surface area contributed by atoms with Crippen LogP contribution in [0.2, 0.25) is 0 Å². The lowest BCUT2D eigenvalue weighted by molar-refractivity contribution is -0.137. The van der Waals surface area contributed by atoms with Gasteiger partial charge in [-0.15, -0.1) is 0 Å². The van der Waals surface area contributed by atoms with E-state index < -0.39 is 5.97 Å². The molecule has 0 amide bonds. The number of carbonyl (C=O) groups excluding carboxylic acids is 1. The van der Waals surface area contributed by atoms with Crippen LogP contribution in [0.15, 0.2) is 24.8 Å². The number of Topliss-reactive ketones (excluding diaryl/α,β-unsaturated/α-hetero) is 1. The van der Waals surface area contributed by atoms with Crippen molar-refractivity contribution in [1.29, 1.82) is 0 Å². The fourth-order valence-corrected chi connectivity index (χ4v) is 6.71. The molecule has 3 N–H and O–H groups in total. The lowest BCUT2D eigenvalue weighted by atomic mass is 9.85. The predicted octanol–water partition coefficient (Wildman–Crippen LogP) is 7.41. The van der Waals surface area contributed by atoms with Crippen LogP contribution in [0.4, 0.5) is 0 Å². The molecule has 2 unspecified atom stereocenters. The van der Waals surface area contributed by atoms with E-state index >= 15 is 0 Å². The Kier molecular flexibility index (Phi) is 6.13. The summed E-state index contributed by atoms with van der Waals surface area (Å²) >= 11 is 0. The Morgan fingerprint density at radius 3 is 2.50 bits per heavy atom. The van der Waals surface area contributed by atoms with Crippen LogP contribution in [0, 0.1) is 13.8 Å². The van der Waals surface area contributed by atoms with Crippen LogP contribution >= 0.6 is 0 Å². The van der Waals surface area contributed by atoms with E-state index in [1.54, 1.807) is 0 Å². The van der Waals surface area contributed by atoms with Gasteiger partial charge in [0.15, 0.2) is 5.78 Å². The molecule has 0 radical (unpaired) electrons. The summed E-state index contributed by atoms with van der Waals surface area (Å²) in [6.45, 7) is 14.5. The molecule has 7 heteroatoms. The summed E-state index contributed by atoms with van der Waals surface area (Å²) in [5, 5.41) is 9.49. The molecule has 0 saturated heterocycles. The fourth-order valence-electron chi connectivity index (χ4n) is 6.71. The molecule has 0 spiro atoms. The van der Waals surface area contributed by atoms with Gasteiger partial charge in [-0.25, -0.2) is 4.98 Å². The van der Waals surface area contributed by atoms with Gasteiger partial charge < -0.3 is 15.1 Å². The van der Waals surface area contributed by atoms with Crippen molar-refractivity contribution in [2.45, 2.75) is 72.1 Å². The van der Waals surface area contributed by atoms with Crippen molar-refractivity contribution in [2.75, 3.05) is 0 Å². The number of carbonyl (C=O) groups is 2. The number of aryl methyl sites for hydroxylation is 2. The van der Waals surface area contributed by atoms with Gasteiger partial charge >= 0.3 is 5.97 Å². The van der Waals surface area contributed by atoms with Gasteiger partial charge in [-0.2, -0.15) is 0 Å². The lowest BCUT2D eigenvalue weighted by Gasteiger charge is -2.16. The minimum absolute atomic E-state index is 0.00526. The third-order valence-electron chi connectivity index (χ3n) is 9.02. The average molecular weight is 535 g/mol. The summed E-state index contributed by atoms with van der Waals surface area (Å²) in [4.78, 5) is 42.2. The van der Waals surface area contributed by atoms with Gasteiger partial charge in [-0.3, -0.25) is 14.6 Å². The molecular formula is C33H34N4O3. The third kappa shape index (κ3) is 3.86. The molecule has 7 nitrogen and oxygen atoms in total. The summed E-state index contributed by atoms with van der Waals surface area (Å²) in [6, 6.07) is 6.21. The Morgan fingerprint density at radius 1 is 1.07 bits per heavy atom. The number of rotatable bonds is 5. The Balaban J connectivity index is 1.77. The van der Waals surface area contributed by atoms with Crippen LogP contribution in [0.3, 0.4) is 0 Å². The van der Waals surface area contributed by atoms with Gasteiger partial charge in [0, 0.05) is 63.6 Å². The summed E-state index contributed by atoms with van der Waals surface area (Å²) in [5.74, 6) is -0.866. The van der Waals surface area contributed by atoms with Gasteiger partial charge in [0.25, 0.3) is 0 Å². The van der Waals surface area contributed by atoms with Gasteiger partial charge in [0.1, 0.15) is 0 Å². The van der Waals surface area contributed by atoms with Crippen LogP contribution in [-0.4, -0.2) is 36.8 Å². The normalized spacial score (nSPS) is 18.1. The van der Waals surface area contributed by atoms with Crippen LogP contribution in [0.25, 0.3) is 39.3 Å². The van der Waals surface area contributed by atoms with Crippen molar-refractivity contribution in [3.8, 4) is 0 Å². The third-order valence-corrected chi connectivity index (χ3v) is 9.02. The first-order valence-electron chi connectivity index (χ1n) is 14.0. The second-order valence-corrected chi connectivity index (χ2v) is 11.2. The first-order valence-corrected chi connectivity index (χ1v) is 14.0. The van der Waals surface area contributed by atoms with E-state index in [9.17, 15) is 14.7 Å². The van der Waals surface area contributed by atoms with E-state index in [1.165, 1.54) is 5.57 Å². The molecule has 2 atom stereocenters. The number of aliphatic carboxylic acids is 1. The quantitative estimate of drug-likeness (QED) is 0.316. The van der Waals surface area contributed by atoms with E-state index in [4.69, 9.17) is 9.97 Å². The maximum absolute atomic E-state index is 13.4. The minimum Gasteiger partial charge on any atom is -0.481 e. The van der Waals surface area contributed by atoms with Crippen molar-refractivity contribution in [3.63, 3.8) is 0 Å². The van der Waals surface area contributed by atoms with E-state index in [0.29, 0.717) is 12.0 Å². The first-order chi connectivity index (χ1) is 19.1. The highest BCUT2D eigenvalue weighted by Crippen LogP contribution is 2.44. The number of fused-ring (bicyclic) bond motifs is 8. The molecule has 8 bridgehead atoms. The number of aromatic amines is 2. The van der Waals surface area contributed by atoms with Crippen LogP contribution < -0.4 is 0 Å². The van der Waals surface area contributed by atoms with E-state index in [0.717, 1.165) is 79.1 Å². The number of allylic oxidation sites excluding steroid dienone is 2. The Bertz CT molecular complexity index is 1840. The zero-order valence-corrected chi connectivity index (χ0v) is 23.7. The molecule has 40 heavy (non-hydrogen) atoms. The smallest absolute Gasteiger partial charge is 0.303 e. The number of hydrogen-bond acceptors (Lipinski definition) is 4. The molecule has 0 aromatic carbocycles. The zero-order valence-electron chi connectivity index (χ0n) is 23.7. The molecule has 0 saturated carbocycles. The number of H-pyrrole nitrogens is 2. The van der Waals surface area contributed by atoms with Crippen LogP contribution in [0.1, 0.15) is 107 Å². The maximum Gasteiger partial charge on any atom is 0.303 e. The predicted molar refractivity (Wildman–Crippen MR) is 159 cm³/mol. The highest BCUT2D eigenvalue weighted by Gasteiger charge is 2.35. The van der Waals surface area contributed by atoms with Crippen molar-refractivity contribution in [2.24, 2.45) is 0 Å². The summed E-state index contributed by atoms with van der Waals surface area (Å²) in [6.07, 6.45) is 3.47. The maximum atomic E-state index is 13.4. The highest BCUT2D eigenvalue weighted by atomic mass is 16.4. The Hall–Kier alpha value is -4.26. The number of hydrogen-bond donors (Lipinski definition) is 3. The number of carboxylic acid groups (broad SMARTS) is 1. The van der Waals surface area contributed by atoms with Gasteiger partial charge in [-0.1, -0.05) is 26.5 Å². The second kappa shape index (κ2) is 9.44. The second-order valence-electron chi connectivity index (χ2n) is 11.2. The number of nitrogens with one attached hydrogen (secondary N) is 2. The molecule has 5 heterocycles. The molecule has 6 rings (SSSR count). The average Bonchev–Trinajstić information content (AvgIpc) is 3.65. The van der Waals surface area contributed by atoms with Crippen LogP contribution in [-0.2, 0) is 11.2 Å². The van der Waals surface area contributed by atoms with Crippen molar-refractivity contribution in [3.05, 3.63) is 75.4 Å². The van der Waals surface area contributed by atoms with Gasteiger partial charge in [0.2, 0.25) is 0 Å². The summed E-state index contributed by atoms with van der Waals surface area (Å²) < 4.78 is 0. The molecule has 1 aliphatic carbocycles. The molecule has 3 aliphatic rings. The minimum atomic E-state index is -0.831. The van der Waals surface area contributed by atoms with E-state index in [1.807, 2.05) is 13.0 Å². The molecule has 3 aromatic heterocycles. The Morgan fingerprint density at radius 2 is 1.80 bits per heavy atom. The largest absolute Gasteiger partial charge is 0.481 e. The lowest BCUT2D eigenvalue weighted by Crippen LogP contribution is -2.08. The number of carboxylic acids is 1. The van der Waals surface area contributed by atoms with Crippen molar-refractivity contribution >= 4 is 51.0 Å². The molecule has 2 aliphatic heterocycles. The number of nitrogens with zero attached hydrogens (tertiary/aromatic N) is 2. The number of ketones is 1. The highest BCUT2D eigenvalue weighted by molar-refractivity contribution is 6.13. The van der Waals surface area contributed by atoms with Gasteiger partial charge in [0.05, 0.1) is 22.6 Å². The summed E-state index contributed by atoms with van der Waals surface area (Å²) in [5.41, 5.74) is 14.0. The molecule has 204 valence electrons.